The minimum atomic E-state index is 0.108. The molecule has 4 rings (SSSR count). The number of amides is 1. The maximum absolute atomic E-state index is 12.9. The summed E-state index contributed by atoms with van der Waals surface area (Å²) in [6, 6.07) is 8.59. The highest BCUT2D eigenvalue weighted by Gasteiger charge is 2.40. The van der Waals surface area contributed by atoms with Crippen LogP contribution in [0, 0.1) is 23.7 Å². The van der Waals surface area contributed by atoms with Gasteiger partial charge in [0.25, 0.3) is 0 Å². The number of benzene rings is 1. The van der Waals surface area contributed by atoms with E-state index < -0.39 is 0 Å². The number of nitrogens with zero attached hydrogens (tertiary/aromatic N) is 1. The van der Waals surface area contributed by atoms with E-state index in [1.807, 2.05) is 12.1 Å². The van der Waals surface area contributed by atoms with Crippen molar-refractivity contribution in [1.29, 1.82) is 0 Å². The number of hydrogen-bond acceptors (Lipinski definition) is 4. The number of anilines is 1. The zero-order chi connectivity index (χ0) is 19.5. The van der Waals surface area contributed by atoms with Gasteiger partial charge in [0.2, 0.25) is 5.91 Å². The molecule has 1 aromatic carbocycles. The van der Waals surface area contributed by atoms with Crippen LogP contribution in [0.1, 0.15) is 50.5 Å². The highest BCUT2D eigenvalue weighted by atomic mass is 16.3. The maximum Gasteiger partial charge on any atom is 0.227 e. The van der Waals surface area contributed by atoms with Crippen LogP contribution >= 0.6 is 0 Å². The van der Waals surface area contributed by atoms with E-state index in [0.29, 0.717) is 30.4 Å². The second-order valence-electron chi connectivity index (χ2n) is 9.29. The molecule has 2 unspecified atom stereocenters. The second-order valence-corrected chi connectivity index (χ2v) is 9.29. The molecule has 2 saturated carbocycles. The number of rotatable bonds is 5. The van der Waals surface area contributed by atoms with Crippen LogP contribution in [0.4, 0.5) is 5.69 Å². The molecular formula is C23H35N3O2. The van der Waals surface area contributed by atoms with Crippen LogP contribution in [0.2, 0.25) is 0 Å². The summed E-state index contributed by atoms with van der Waals surface area (Å²) in [4.78, 5) is 15.3. The summed E-state index contributed by atoms with van der Waals surface area (Å²) in [6.45, 7) is 3.28. The number of carbonyl (C=O) groups is 1. The molecule has 5 nitrogen and oxygen atoms in total. The first-order valence-corrected chi connectivity index (χ1v) is 11.1. The normalized spacial score (nSPS) is 31.5. The number of hydrogen-bond donors (Lipinski definition) is 3. The first-order chi connectivity index (χ1) is 13.6. The minimum Gasteiger partial charge on any atom is -0.396 e. The number of likely N-dealkylation sites (tertiary alicyclic amines) is 1. The first kappa shape index (κ1) is 19.9. The van der Waals surface area contributed by atoms with E-state index in [1.165, 1.54) is 24.8 Å². The number of aliphatic hydroxyl groups is 1. The van der Waals surface area contributed by atoms with Crippen molar-refractivity contribution in [3.63, 3.8) is 0 Å². The lowest BCUT2D eigenvalue weighted by Crippen LogP contribution is -2.48. The van der Waals surface area contributed by atoms with Gasteiger partial charge in [0, 0.05) is 30.8 Å². The first-order valence-electron chi connectivity index (χ1n) is 11.1. The molecule has 0 spiro atoms. The largest absolute Gasteiger partial charge is 0.396 e. The maximum atomic E-state index is 12.9. The molecule has 28 heavy (non-hydrogen) atoms. The van der Waals surface area contributed by atoms with Crippen LogP contribution in [-0.4, -0.2) is 41.7 Å². The molecule has 1 amide bonds. The minimum absolute atomic E-state index is 0.108. The van der Waals surface area contributed by atoms with Gasteiger partial charge in [-0.05, 0) is 87.1 Å². The molecule has 3 aliphatic rings. The third kappa shape index (κ3) is 4.58. The van der Waals surface area contributed by atoms with Crippen molar-refractivity contribution in [2.24, 2.45) is 29.4 Å². The molecule has 5 heteroatoms. The lowest BCUT2D eigenvalue weighted by molar-refractivity contribution is -0.122. The summed E-state index contributed by atoms with van der Waals surface area (Å²) in [5.74, 6) is 1.79. The topological polar surface area (TPSA) is 78.6 Å². The van der Waals surface area contributed by atoms with Gasteiger partial charge in [-0.1, -0.05) is 18.6 Å². The standard InChI is InChI=1S/C23H35N3O2/c24-22-18-4-2-5-19(22)13-20(12-18)23(28)25-21-6-1-3-17(11-21)14-26-9-7-16(15-27)8-10-26/h1,3,6,11,16,18-20,22,27H,2,4-5,7-10,12-15,24H2,(H,25,28). The van der Waals surface area contributed by atoms with Crippen LogP contribution in [0.15, 0.2) is 24.3 Å². The fraction of sp³-hybridized carbons (Fsp3) is 0.696. The molecular weight excluding hydrogens is 350 g/mol. The second kappa shape index (κ2) is 8.93. The molecule has 2 atom stereocenters. The number of piperidine rings is 1. The molecule has 2 aliphatic carbocycles. The Labute approximate surface area is 168 Å². The summed E-state index contributed by atoms with van der Waals surface area (Å²) in [5, 5.41) is 12.5. The molecule has 0 radical (unpaired) electrons. The summed E-state index contributed by atoms with van der Waals surface area (Å²) < 4.78 is 0. The molecule has 1 aliphatic heterocycles. The summed E-state index contributed by atoms with van der Waals surface area (Å²) in [7, 11) is 0. The Bertz CT molecular complexity index is 658. The molecule has 4 N–H and O–H groups in total. The van der Waals surface area contributed by atoms with Crippen molar-refractivity contribution in [3.8, 4) is 0 Å². The number of fused-ring (bicyclic) bond motifs is 2. The van der Waals surface area contributed by atoms with E-state index in [0.717, 1.165) is 51.0 Å². The van der Waals surface area contributed by atoms with Crippen LogP contribution in [0.25, 0.3) is 0 Å². The van der Waals surface area contributed by atoms with Gasteiger partial charge in [-0.25, -0.2) is 0 Å². The van der Waals surface area contributed by atoms with E-state index in [2.05, 4.69) is 22.3 Å². The Morgan fingerprint density at radius 1 is 1.14 bits per heavy atom. The number of nitrogens with one attached hydrogen (secondary N) is 1. The van der Waals surface area contributed by atoms with Gasteiger partial charge in [0.1, 0.15) is 0 Å². The van der Waals surface area contributed by atoms with Crippen LogP contribution < -0.4 is 11.1 Å². The van der Waals surface area contributed by atoms with Gasteiger partial charge in [0.15, 0.2) is 0 Å². The monoisotopic (exact) mass is 385 g/mol. The Kier molecular flexibility index (Phi) is 6.34. The number of nitrogens with two attached hydrogens (primary N) is 1. The third-order valence-corrected chi connectivity index (χ3v) is 7.35. The van der Waals surface area contributed by atoms with E-state index in [4.69, 9.17) is 5.73 Å². The predicted molar refractivity (Wildman–Crippen MR) is 112 cm³/mol. The fourth-order valence-electron chi connectivity index (χ4n) is 5.58. The van der Waals surface area contributed by atoms with Crippen LogP contribution in [0.5, 0.6) is 0 Å². The third-order valence-electron chi connectivity index (χ3n) is 7.35. The smallest absolute Gasteiger partial charge is 0.227 e. The zero-order valence-corrected chi connectivity index (χ0v) is 16.9. The van der Waals surface area contributed by atoms with Gasteiger partial charge >= 0.3 is 0 Å². The average Bonchev–Trinajstić information content (AvgIpc) is 2.68. The number of aliphatic hydroxyl groups excluding tert-OH is 1. The summed E-state index contributed by atoms with van der Waals surface area (Å²) >= 11 is 0. The van der Waals surface area contributed by atoms with Crippen molar-refractivity contribution in [3.05, 3.63) is 29.8 Å². The summed E-state index contributed by atoms with van der Waals surface area (Å²) in [6.07, 6.45) is 7.67. The average molecular weight is 386 g/mol. The molecule has 1 saturated heterocycles. The van der Waals surface area contributed by atoms with Gasteiger partial charge in [-0.2, -0.15) is 0 Å². The molecule has 154 valence electrons. The quantitative estimate of drug-likeness (QED) is 0.728. The summed E-state index contributed by atoms with van der Waals surface area (Å²) in [5.41, 5.74) is 8.52. The molecule has 2 bridgehead atoms. The van der Waals surface area contributed by atoms with Gasteiger partial charge in [0.05, 0.1) is 0 Å². The van der Waals surface area contributed by atoms with Gasteiger partial charge < -0.3 is 16.2 Å². The van der Waals surface area contributed by atoms with Crippen molar-refractivity contribution in [1.82, 2.24) is 4.90 Å². The lowest BCUT2D eigenvalue weighted by atomic mass is 9.65. The van der Waals surface area contributed by atoms with E-state index >= 15 is 0 Å². The van der Waals surface area contributed by atoms with E-state index in [-0.39, 0.29) is 11.8 Å². The van der Waals surface area contributed by atoms with Crippen LogP contribution in [0.3, 0.4) is 0 Å². The number of carbonyl (C=O) groups excluding carboxylic acids is 1. The van der Waals surface area contributed by atoms with E-state index in [1.54, 1.807) is 0 Å². The van der Waals surface area contributed by atoms with Crippen molar-refractivity contribution < 1.29 is 9.90 Å². The molecule has 1 heterocycles. The Balaban J connectivity index is 1.32. The van der Waals surface area contributed by atoms with Crippen molar-refractivity contribution in [2.45, 2.75) is 57.5 Å². The van der Waals surface area contributed by atoms with Gasteiger partial charge in [-0.3, -0.25) is 9.69 Å². The highest BCUT2D eigenvalue weighted by molar-refractivity contribution is 5.92. The fourth-order valence-corrected chi connectivity index (χ4v) is 5.58. The molecule has 0 aromatic heterocycles. The van der Waals surface area contributed by atoms with Crippen LogP contribution in [-0.2, 0) is 11.3 Å². The highest BCUT2D eigenvalue weighted by Crippen LogP contribution is 2.42. The SMILES string of the molecule is NC1C2CCCC1CC(C(=O)Nc1cccc(CN3CCC(CO)CC3)c1)C2. The predicted octanol–water partition coefficient (Wildman–Crippen LogP) is 2.98. The Hall–Kier alpha value is -1.43. The Morgan fingerprint density at radius 3 is 2.54 bits per heavy atom. The van der Waals surface area contributed by atoms with Crippen molar-refractivity contribution >= 4 is 11.6 Å². The van der Waals surface area contributed by atoms with Gasteiger partial charge in [-0.15, -0.1) is 0 Å². The lowest BCUT2D eigenvalue weighted by Gasteiger charge is -2.43. The van der Waals surface area contributed by atoms with E-state index in [9.17, 15) is 9.90 Å². The molecule has 3 fully saturated rings. The Morgan fingerprint density at radius 2 is 1.86 bits per heavy atom. The zero-order valence-electron chi connectivity index (χ0n) is 16.9. The molecule has 1 aromatic rings. The van der Waals surface area contributed by atoms with Crippen molar-refractivity contribution in [2.75, 3.05) is 25.0 Å².